The third-order valence-electron chi connectivity index (χ3n) is 6.25. The second kappa shape index (κ2) is 10.1. The summed E-state index contributed by atoms with van der Waals surface area (Å²) in [6.45, 7) is 3.95. The Kier molecular flexibility index (Phi) is 7.25. The van der Waals surface area contributed by atoms with Crippen molar-refractivity contribution in [3.8, 4) is 5.75 Å². The van der Waals surface area contributed by atoms with Crippen LogP contribution in [0.3, 0.4) is 0 Å². The molecule has 0 aliphatic carbocycles. The lowest BCUT2D eigenvalue weighted by Crippen LogP contribution is -2.40. The Morgan fingerprint density at radius 2 is 1.72 bits per heavy atom. The van der Waals surface area contributed by atoms with Crippen LogP contribution in [0.2, 0.25) is 0 Å². The van der Waals surface area contributed by atoms with Crippen molar-refractivity contribution in [1.82, 2.24) is 9.21 Å². The Bertz CT molecular complexity index is 1020. The zero-order valence-corrected chi connectivity index (χ0v) is 19.2. The van der Waals surface area contributed by atoms with Crippen LogP contribution < -0.4 is 4.74 Å². The number of nitrogens with zero attached hydrogens (tertiary/aromatic N) is 2. The lowest BCUT2D eigenvalue weighted by molar-refractivity contribution is 0.0730. The van der Waals surface area contributed by atoms with Gasteiger partial charge in [-0.15, -0.1) is 0 Å². The summed E-state index contributed by atoms with van der Waals surface area (Å²) in [5.74, 6) is 0.952. The van der Waals surface area contributed by atoms with E-state index in [0.29, 0.717) is 37.7 Å². The number of carbonyl (C=O) groups is 1. The minimum atomic E-state index is -3.50. The van der Waals surface area contributed by atoms with Crippen molar-refractivity contribution in [3.63, 3.8) is 0 Å². The Hall–Kier alpha value is -2.26. The SMILES string of the molecule is COc1ccc(C(=O)C2CCN(Cc3cccc(S(=O)(=O)N4CCOCC4)c3)CC2)cc1. The number of benzene rings is 2. The van der Waals surface area contributed by atoms with Gasteiger partial charge >= 0.3 is 0 Å². The molecule has 0 aromatic heterocycles. The van der Waals surface area contributed by atoms with Crippen LogP contribution >= 0.6 is 0 Å². The summed E-state index contributed by atoms with van der Waals surface area (Å²) in [4.78, 5) is 15.5. The van der Waals surface area contributed by atoms with Gasteiger partial charge in [0.05, 0.1) is 25.2 Å². The molecule has 4 rings (SSSR count). The molecule has 0 bridgehead atoms. The summed E-state index contributed by atoms with van der Waals surface area (Å²) in [5, 5.41) is 0. The summed E-state index contributed by atoms with van der Waals surface area (Å²) < 4.78 is 37.8. The lowest BCUT2D eigenvalue weighted by atomic mass is 9.88. The molecule has 7 nitrogen and oxygen atoms in total. The molecule has 0 spiro atoms. The highest BCUT2D eigenvalue weighted by Gasteiger charge is 2.28. The number of methoxy groups -OCH3 is 1. The maximum Gasteiger partial charge on any atom is 0.243 e. The van der Waals surface area contributed by atoms with E-state index in [9.17, 15) is 13.2 Å². The minimum absolute atomic E-state index is 0.0210. The number of morpholine rings is 1. The topological polar surface area (TPSA) is 76.2 Å². The molecular weight excluding hydrogens is 428 g/mol. The number of piperidine rings is 1. The van der Waals surface area contributed by atoms with Gasteiger partial charge in [0.25, 0.3) is 0 Å². The van der Waals surface area contributed by atoms with E-state index >= 15 is 0 Å². The molecule has 2 aliphatic heterocycles. The van der Waals surface area contributed by atoms with Crippen molar-refractivity contribution in [2.24, 2.45) is 5.92 Å². The molecule has 8 heteroatoms. The number of sulfonamides is 1. The molecule has 0 atom stereocenters. The smallest absolute Gasteiger partial charge is 0.243 e. The third-order valence-corrected chi connectivity index (χ3v) is 8.14. The van der Waals surface area contributed by atoms with E-state index in [-0.39, 0.29) is 11.7 Å². The van der Waals surface area contributed by atoms with Crippen molar-refractivity contribution in [2.75, 3.05) is 46.5 Å². The summed E-state index contributed by atoms with van der Waals surface area (Å²) in [5.41, 5.74) is 1.70. The fourth-order valence-electron chi connectivity index (χ4n) is 4.34. The lowest BCUT2D eigenvalue weighted by Gasteiger charge is -2.31. The molecular formula is C24H30N2O5S. The maximum atomic E-state index is 12.9. The van der Waals surface area contributed by atoms with E-state index < -0.39 is 10.0 Å². The molecule has 2 aliphatic rings. The molecule has 2 saturated heterocycles. The molecule has 2 aromatic rings. The van der Waals surface area contributed by atoms with Crippen LogP contribution in [0.5, 0.6) is 5.75 Å². The zero-order valence-electron chi connectivity index (χ0n) is 18.4. The first-order valence-corrected chi connectivity index (χ1v) is 12.5. The maximum absolute atomic E-state index is 12.9. The third kappa shape index (κ3) is 5.20. The van der Waals surface area contributed by atoms with Crippen LogP contribution in [0.15, 0.2) is 53.4 Å². The predicted octanol–water partition coefficient (Wildman–Crippen LogP) is 2.81. The second-order valence-electron chi connectivity index (χ2n) is 8.31. The van der Waals surface area contributed by atoms with Gasteiger partial charge in [-0.2, -0.15) is 4.31 Å². The van der Waals surface area contributed by atoms with E-state index in [2.05, 4.69) is 4.90 Å². The van der Waals surface area contributed by atoms with E-state index in [1.165, 1.54) is 4.31 Å². The number of ketones is 1. The molecule has 0 saturated carbocycles. The van der Waals surface area contributed by atoms with Crippen molar-refractivity contribution >= 4 is 15.8 Å². The van der Waals surface area contributed by atoms with E-state index in [1.807, 2.05) is 36.4 Å². The van der Waals surface area contributed by atoms with Gasteiger partial charge in [0.15, 0.2) is 5.78 Å². The van der Waals surface area contributed by atoms with Crippen molar-refractivity contribution in [1.29, 1.82) is 0 Å². The first kappa shape index (κ1) is 22.9. The monoisotopic (exact) mass is 458 g/mol. The van der Waals surface area contributed by atoms with E-state index in [1.54, 1.807) is 19.2 Å². The Morgan fingerprint density at radius 3 is 2.38 bits per heavy atom. The highest BCUT2D eigenvalue weighted by molar-refractivity contribution is 7.89. The molecule has 2 aromatic carbocycles. The average Bonchev–Trinajstić information content (AvgIpc) is 2.85. The molecule has 0 N–H and O–H groups in total. The predicted molar refractivity (Wildman–Crippen MR) is 121 cm³/mol. The van der Waals surface area contributed by atoms with Gasteiger partial charge < -0.3 is 9.47 Å². The molecule has 172 valence electrons. The van der Waals surface area contributed by atoms with Gasteiger partial charge in [-0.25, -0.2) is 8.42 Å². The number of rotatable bonds is 7. The molecule has 2 fully saturated rings. The summed E-state index contributed by atoms with van der Waals surface area (Å²) in [7, 11) is -1.89. The fraction of sp³-hybridized carbons (Fsp3) is 0.458. The number of likely N-dealkylation sites (tertiary alicyclic amines) is 1. The quantitative estimate of drug-likeness (QED) is 0.594. The standard InChI is InChI=1S/C24H30N2O5S/c1-30-22-7-5-20(6-8-22)24(27)21-9-11-25(12-10-21)18-19-3-2-4-23(17-19)32(28,29)26-13-15-31-16-14-26/h2-8,17,21H,9-16,18H2,1H3. The van der Waals surface area contributed by atoms with E-state index in [0.717, 1.165) is 42.8 Å². The summed E-state index contributed by atoms with van der Waals surface area (Å²) in [6.07, 6.45) is 1.60. The first-order chi connectivity index (χ1) is 15.5. The zero-order chi connectivity index (χ0) is 22.6. The number of hydrogen-bond acceptors (Lipinski definition) is 6. The number of ether oxygens (including phenoxy) is 2. The normalized spacial score (nSPS) is 19.0. The van der Waals surface area contributed by atoms with Crippen LogP contribution in [0, 0.1) is 5.92 Å². The van der Waals surface area contributed by atoms with Gasteiger partial charge in [-0.05, 0) is 67.9 Å². The second-order valence-corrected chi connectivity index (χ2v) is 10.2. The number of Topliss-reactive ketones (excluding diaryl/α,β-unsaturated/α-hetero) is 1. The average molecular weight is 459 g/mol. The van der Waals surface area contributed by atoms with Crippen molar-refractivity contribution in [3.05, 3.63) is 59.7 Å². The Labute approximate surface area is 190 Å². The van der Waals surface area contributed by atoms with Crippen LogP contribution in [0.4, 0.5) is 0 Å². The molecule has 0 amide bonds. The van der Waals surface area contributed by atoms with Gasteiger partial charge in [-0.3, -0.25) is 9.69 Å². The van der Waals surface area contributed by atoms with Gasteiger partial charge in [0.1, 0.15) is 5.75 Å². The fourth-order valence-corrected chi connectivity index (χ4v) is 5.82. The molecule has 2 heterocycles. The van der Waals surface area contributed by atoms with Gasteiger partial charge in [0, 0.05) is 31.1 Å². The largest absolute Gasteiger partial charge is 0.497 e. The van der Waals surface area contributed by atoms with Crippen LogP contribution in [0.25, 0.3) is 0 Å². The van der Waals surface area contributed by atoms with Crippen molar-refractivity contribution in [2.45, 2.75) is 24.3 Å². The summed E-state index contributed by atoms with van der Waals surface area (Å²) >= 11 is 0. The van der Waals surface area contributed by atoms with Gasteiger partial charge in [0.2, 0.25) is 10.0 Å². The van der Waals surface area contributed by atoms with Crippen LogP contribution in [0.1, 0.15) is 28.8 Å². The molecule has 0 unspecified atom stereocenters. The Morgan fingerprint density at radius 1 is 1.03 bits per heavy atom. The Balaban J connectivity index is 1.35. The van der Waals surface area contributed by atoms with Crippen LogP contribution in [-0.4, -0.2) is 69.9 Å². The summed E-state index contributed by atoms with van der Waals surface area (Å²) in [6, 6.07) is 14.5. The highest BCUT2D eigenvalue weighted by Crippen LogP contribution is 2.25. The number of hydrogen-bond donors (Lipinski definition) is 0. The molecule has 0 radical (unpaired) electrons. The minimum Gasteiger partial charge on any atom is -0.497 e. The highest BCUT2D eigenvalue weighted by atomic mass is 32.2. The van der Waals surface area contributed by atoms with Gasteiger partial charge in [-0.1, -0.05) is 12.1 Å². The van der Waals surface area contributed by atoms with Crippen LogP contribution in [-0.2, 0) is 21.3 Å². The molecule has 32 heavy (non-hydrogen) atoms. The number of carbonyl (C=O) groups excluding carboxylic acids is 1. The van der Waals surface area contributed by atoms with Crippen molar-refractivity contribution < 1.29 is 22.7 Å². The van der Waals surface area contributed by atoms with E-state index in [4.69, 9.17) is 9.47 Å². The first-order valence-electron chi connectivity index (χ1n) is 11.0.